The minimum atomic E-state index is -0.315. The lowest BCUT2D eigenvalue weighted by molar-refractivity contribution is -0.120. The smallest absolute Gasteiger partial charge is 0.265 e. The molecule has 0 saturated carbocycles. The van der Waals surface area contributed by atoms with Gasteiger partial charge >= 0.3 is 0 Å². The lowest BCUT2D eigenvalue weighted by Crippen LogP contribution is -2.17. The number of benzene rings is 2. The molecular formula is C19H21FN2O2. The number of amides is 1. The van der Waals surface area contributed by atoms with Gasteiger partial charge in [-0.15, -0.1) is 0 Å². The van der Waals surface area contributed by atoms with E-state index < -0.39 is 0 Å². The van der Waals surface area contributed by atoms with Crippen molar-refractivity contribution in [3.63, 3.8) is 0 Å². The maximum Gasteiger partial charge on any atom is 0.265 e. The highest BCUT2D eigenvalue weighted by atomic mass is 19.1. The number of hydrogen-bond donors (Lipinski definition) is 1. The molecule has 2 aromatic carbocycles. The van der Waals surface area contributed by atoms with Gasteiger partial charge in [0.25, 0.3) is 5.91 Å². The van der Waals surface area contributed by atoms with Gasteiger partial charge in [0, 0.05) is 5.69 Å². The van der Waals surface area contributed by atoms with Crippen molar-refractivity contribution < 1.29 is 14.0 Å². The molecule has 0 unspecified atom stereocenters. The molecule has 0 aliphatic carbocycles. The van der Waals surface area contributed by atoms with Crippen LogP contribution in [0.4, 0.5) is 10.1 Å². The average Bonchev–Trinajstić information content (AvgIpc) is 2.53. The minimum Gasteiger partial charge on any atom is -0.386 e. The quantitative estimate of drug-likeness (QED) is 0.663. The molecule has 0 radical (unpaired) electrons. The zero-order chi connectivity index (χ0) is 17.6. The number of carbonyl (C=O) groups excluding carboxylic acids is 1. The van der Waals surface area contributed by atoms with Crippen molar-refractivity contribution in [3.8, 4) is 0 Å². The first-order valence-corrected chi connectivity index (χ1v) is 7.66. The lowest BCUT2D eigenvalue weighted by atomic mass is 9.87. The Kier molecular flexibility index (Phi) is 5.68. The summed E-state index contributed by atoms with van der Waals surface area (Å²) in [6.07, 6.45) is 1.42. The predicted octanol–water partition coefficient (Wildman–Crippen LogP) is 4.11. The van der Waals surface area contributed by atoms with E-state index in [1.165, 1.54) is 23.9 Å². The summed E-state index contributed by atoms with van der Waals surface area (Å²) in [6.45, 7) is 6.20. The van der Waals surface area contributed by atoms with Gasteiger partial charge in [0.2, 0.25) is 0 Å². The molecule has 1 N–H and O–H groups in total. The molecule has 2 aromatic rings. The van der Waals surface area contributed by atoms with Crippen LogP contribution in [-0.2, 0) is 15.0 Å². The van der Waals surface area contributed by atoms with E-state index in [-0.39, 0.29) is 23.7 Å². The first-order valence-electron chi connectivity index (χ1n) is 7.66. The summed E-state index contributed by atoms with van der Waals surface area (Å²) in [5.41, 5.74) is 2.66. The van der Waals surface area contributed by atoms with Crippen LogP contribution >= 0.6 is 0 Å². The maximum atomic E-state index is 12.7. The van der Waals surface area contributed by atoms with Crippen molar-refractivity contribution in [2.24, 2.45) is 5.16 Å². The molecule has 0 aliphatic rings. The molecule has 126 valence electrons. The number of anilines is 1. The normalized spacial score (nSPS) is 11.5. The van der Waals surface area contributed by atoms with Crippen LogP contribution in [0.1, 0.15) is 31.9 Å². The van der Waals surface area contributed by atoms with E-state index in [0.717, 1.165) is 0 Å². The molecular weight excluding hydrogens is 307 g/mol. The third-order valence-electron chi connectivity index (χ3n) is 3.38. The van der Waals surface area contributed by atoms with Crippen LogP contribution in [0.3, 0.4) is 0 Å². The summed E-state index contributed by atoms with van der Waals surface area (Å²) in [7, 11) is 0. The number of hydrogen-bond acceptors (Lipinski definition) is 3. The Labute approximate surface area is 141 Å². The maximum absolute atomic E-state index is 12.7. The molecule has 4 nitrogen and oxygen atoms in total. The summed E-state index contributed by atoms with van der Waals surface area (Å²) in [5.74, 6) is -0.611. The van der Waals surface area contributed by atoms with E-state index in [2.05, 4.69) is 31.2 Å². The molecule has 0 saturated heterocycles. The minimum absolute atomic E-state index is 0.0702. The Bertz CT molecular complexity index is 702. The summed E-state index contributed by atoms with van der Waals surface area (Å²) >= 11 is 0. The van der Waals surface area contributed by atoms with Crippen molar-refractivity contribution >= 4 is 17.8 Å². The second-order valence-electron chi connectivity index (χ2n) is 6.44. The predicted molar refractivity (Wildman–Crippen MR) is 93.7 cm³/mol. The third-order valence-corrected chi connectivity index (χ3v) is 3.38. The fourth-order valence-corrected chi connectivity index (χ4v) is 1.99. The van der Waals surface area contributed by atoms with Gasteiger partial charge in [0.05, 0.1) is 6.21 Å². The van der Waals surface area contributed by atoms with Crippen molar-refractivity contribution in [2.45, 2.75) is 26.2 Å². The Hall–Kier alpha value is -2.69. The van der Waals surface area contributed by atoms with Crippen LogP contribution in [0, 0.1) is 5.82 Å². The highest BCUT2D eigenvalue weighted by Crippen LogP contribution is 2.23. The first-order chi connectivity index (χ1) is 11.3. The van der Waals surface area contributed by atoms with Crippen LogP contribution < -0.4 is 5.32 Å². The molecule has 0 spiro atoms. The van der Waals surface area contributed by atoms with E-state index in [9.17, 15) is 9.18 Å². The Morgan fingerprint density at radius 2 is 1.75 bits per heavy atom. The Morgan fingerprint density at radius 3 is 2.33 bits per heavy atom. The van der Waals surface area contributed by atoms with Gasteiger partial charge in [0.15, 0.2) is 6.61 Å². The second kappa shape index (κ2) is 7.73. The van der Waals surface area contributed by atoms with Gasteiger partial charge in [0.1, 0.15) is 5.82 Å². The number of nitrogens with one attached hydrogen (secondary N) is 1. The van der Waals surface area contributed by atoms with Crippen LogP contribution in [-0.4, -0.2) is 18.7 Å². The van der Waals surface area contributed by atoms with Crippen LogP contribution in [0.25, 0.3) is 0 Å². The van der Waals surface area contributed by atoms with Crippen molar-refractivity contribution in [3.05, 3.63) is 65.5 Å². The SMILES string of the molecule is CC(C)(C)c1ccc(NC(=O)CO/N=C/c2ccc(F)cc2)cc1. The Morgan fingerprint density at radius 1 is 1.12 bits per heavy atom. The second-order valence-corrected chi connectivity index (χ2v) is 6.44. The first kappa shape index (κ1) is 17.7. The fourth-order valence-electron chi connectivity index (χ4n) is 1.99. The van der Waals surface area contributed by atoms with Gasteiger partial charge in [-0.2, -0.15) is 0 Å². The van der Waals surface area contributed by atoms with Crippen LogP contribution in [0.15, 0.2) is 53.7 Å². The number of nitrogens with zero attached hydrogens (tertiary/aromatic N) is 1. The molecule has 1 amide bonds. The van der Waals surface area contributed by atoms with Crippen molar-refractivity contribution in [1.82, 2.24) is 0 Å². The van der Waals surface area contributed by atoms with Gasteiger partial charge < -0.3 is 10.2 Å². The highest BCUT2D eigenvalue weighted by Gasteiger charge is 2.13. The number of rotatable bonds is 5. The molecule has 0 atom stereocenters. The summed E-state index contributed by atoms with van der Waals surface area (Å²) in [4.78, 5) is 16.7. The summed E-state index contributed by atoms with van der Waals surface area (Å²) in [6, 6.07) is 13.5. The molecule has 2 rings (SSSR count). The largest absolute Gasteiger partial charge is 0.386 e. The van der Waals surface area contributed by atoms with Crippen LogP contribution in [0.5, 0.6) is 0 Å². The number of oxime groups is 1. The molecule has 0 aromatic heterocycles. The van der Waals surface area contributed by atoms with E-state index in [4.69, 9.17) is 4.84 Å². The average molecular weight is 328 g/mol. The van der Waals surface area contributed by atoms with Crippen LogP contribution in [0.2, 0.25) is 0 Å². The Balaban J connectivity index is 1.80. The summed E-state index contributed by atoms with van der Waals surface area (Å²) in [5, 5.41) is 6.43. The molecule has 0 heterocycles. The van der Waals surface area contributed by atoms with Gasteiger partial charge in [-0.1, -0.05) is 50.2 Å². The molecule has 0 fully saturated rings. The summed E-state index contributed by atoms with van der Waals surface area (Å²) < 4.78 is 12.7. The van der Waals surface area contributed by atoms with E-state index in [0.29, 0.717) is 11.3 Å². The molecule has 24 heavy (non-hydrogen) atoms. The molecule has 5 heteroatoms. The lowest BCUT2D eigenvalue weighted by Gasteiger charge is -2.19. The van der Waals surface area contributed by atoms with Gasteiger partial charge in [-0.05, 0) is 40.8 Å². The van der Waals surface area contributed by atoms with E-state index >= 15 is 0 Å². The zero-order valence-corrected chi connectivity index (χ0v) is 14.0. The van der Waals surface area contributed by atoms with Gasteiger partial charge in [-0.25, -0.2) is 4.39 Å². The standard InChI is InChI=1S/C19H21FN2O2/c1-19(2,3)15-6-10-17(11-7-15)22-18(23)13-24-21-12-14-4-8-16(20)9-5-14/h4-12H,13H2,1-3H3,(H,22,23)/b21-12+. The van der Waals surface area contributed by atoms with E-state index in [1.807, 2.05) is 24.3 Å². The highest BCUT2D eigenvalue weighted by molar-refractivity contribution is 5.91. The van der Waals surface area contributed by atoms with Crippen molar-refractivity contribution in [2.75, 3.05) is 11.9 Å². The number of carbonyl (C=O) groups is 1. The molecule has 0 aliphatic heterocycles. The zero-order valence-electron chi connectivity index (χ0n) is 14.0. The number of halogens is 1. The van der Waals surface area contributed by atoms with Crippen molar-refractivity contribution in [1.29, 1.82) is 0 Å². The monoisotopic (exact) mass is 328 g/mol. The third kappa shape index (κ3) is 5.50. The topological polar surface area (TPSA) is 50.7 Å². The van der Waals surface area contributed by atoms with E-state index in [1.54, 1.807) is 12.1 Å². The fraction of sp³-hybridized carbons (Fsp3) is 0.263. The van der Waals surface area contributed by atoms with Gasteiger partial charge in [-0.3, -0.25) is 4.79 Å². The molecule has 0 bridgehead atoms.